The van der Waals surface area contributed by atoms with Crippen LogP contribution in [0.3, 0.4) is 0 Å². The number of carbonyl (C=O) groups is 1. The molecule has 1 heterocycles. The monoisotopic (exact) mass is 258 g/mol. The zero-order valence-electron chi connectivity index (χ0n) is 8.05. The summed E-state index contributed by atoms with van der Waals surface area (Å²) in [4.78, 5) is 14.5. The molecule has 8 heteroatoms. The Bertz CT molecular complexity index is 225. The molecule has 6 nitrogen and oxygen atoms in total. The van der Waals surface area contributed by atoms with Crippen LogP contribution in [0.15, 0.2) is 4.99 Å². The molecule has 0 saturated carbocycles. The van der Waals surface area contributed by atoms with Gasteiger partial charge in [0.05, 0.1) is 6.04 Å². The van der Waals surface area contributed by atoms with Crippen LogP contribution in [0.4, 0.5) is 0 Å². The van der Waals surface area contributed by atoms with E-state index in [4.69, 9.17) is 16.6 Å². The molecule has 0 radical (unpaired) electrons. The number of nitrogens with zero attached hydrogens (tertiary/aromatic N) is 1. The van der Waals surface area contributed by atoms with Gasteiger partial charge in [-0.1, -0.05) is 0 Å². The van der Waals surface area contributed by atoms with Crippen molar-refractivity contribution >= 4 is 36.7 Å². The molecule has 1 aliphatic heterocycles. The van der Waals surface area contributed by atoms with E-state index >= 15 is 0 Å². The van der Waals surface area contributed by atoms with Crippen molar-refractivity contribution in [2.75, 3.05) is 6.54 Å². The van der Waals surface area contributed by atoms with Crippen LogP contribution in [0.2, 0.25) is 0 Å². The van der Waals surface area contributed by atoms with Gasteiger partial charge in [0.2, 0.25) is 0 Å². The van der Waals surface area contributed by atoms with Crippen molar-refractivity contribution in [1.29, 1.82) is 0 Å². The molecule has 15 heavy (non-hydrogen) atoms. The first-order valence-corrected chi connectivity index (χ1v) is 4.14. The summed E-state index contributed by atoms with van der Waals surface area (Å²) in [6.45, 7) is 0.523. The highest BCUT2D eigenvalue weighted by Crippen LogP contribution is 2.10. The standard InChI is InChI=1S/C7H14N4O2.2ClH/c8-7(9)11-4-1-2-5(6(12)13)10-3-4;;/h4-5,10H,1-3H2,(H,12,13)(H4,8,9,11);2*1H/t4-,5+;;/m1../s1. The minimum Gasteiger partial charge on any atom is -0.480 e. The first-order valence-electron chi connectivity index (χ1n) is 4.14. The Morgan fingerprint density at radius 2 is 1.93 bits per heavy atom. The molecule has 0 amide bonds. The summed E-state index contributed by atoms with van der Waals surface area (Å²) in [7, 11) is 0. The molecule has 1 fully saturated rings. The number of rotatable bonds is 2. The summed E-state index contributed by atoms with van der Waals surface area (Å²) >= 11 is 0. The lowest BCUT2D eigenvalue weighted by Crippen LogP contribution is -2.46. The lowest BCUT2D eigenvalue weighted by molar-refractivity contribution is -0.140. The minimum atomic E-state index is -0.817. The average molecular weight is 259 g/mol. The van der Waals surface area contributed by atoms with Crippen molar-refractivity contribution in [2.24, 2.45) is 16.5 Å². The Hall–Kier alpha value is -0.720. The highest BCUT2D eigenvalue weighted by atomic mass is 35.5. The summed E-state index contributed by atoms with van der Waals surface area (Å²) in [6, 6.07) is -0.439. The maximum Gasteiger partial charge on any atom is 0.320 e. The summed E-state index contributed by atoms with van der Waals surface area (Å²) in [6.07, 6.45) is 1.28. The van der Waals surface area contributed by atoms with Gasteiger partial charge in [-0.15, -0.1) is 24.8 Å². The highest BCUT2D eigenvalue weighted by Gasteiger charge is 2.24. The maximum atomic E-state index is 10.5. The van der Waals surface area contributed by atoms with Crippen LogP contribution < -0.4 is 16.8 Å². The fraction of sp³-hybridized carbons (Fsp3) is 0.714. The van der Waals surface area contributed by atoms with Crippen molar-refractivity contribution in [3.8, 4) is 0 Å². The number of nitrogens with two attached hydrogens (primary N) is 2. The Labute approximate surface area is 100 Å². The average Bonchev–Trinajstić information content (AvgIpc) is 2.04. The van der Waals surface area contributed by atoms with Crippen molar-refractivity contribution in [3.63, 3.8) is 0 Å². The molecule has 90 valence electrons. The predicted octanol–water partition coefficient (Wildman–Crippen LogP) is -0.691. The van der Waals surface area contributed by atoms with Gasteiger partial charge < -0.3 is 21.9 Å². The Morgan fingerprint density at radius 3 is 2.27 bits per heavy atom. The molecule has 0 aromatic carbocycles. The van der Waals surface area contributed by atoms with E-state index in [0.29, 0.717) is 19.4 Å². The molecule has 1 saturated heterocycles. The lowest BCUT2D eigenvalue weighted by atomic mass is 10.0. The molecule has 0 bridgehead atoms. The van der Waals surface area contributed by atoms with E-state index in [2.05, 4.69) is 10.3 Å². The fourth-order valence-electron chi connectivity index (χ4n) is 1.37. The zero-order valence-corrected chi connectivity index (χ0v) is 9.68. The second-order valence-corrected chi connectivity index (χ2v) is 3.08. The second kappa shape index (κ2) is 7.56. The van der Waals surface area contributed by atoms with Gasteiger partial charge >= 0.3 is 5.97 Å². The number of halogens is 2. The quantitative estimate of drug-likeness (QED) is 0.387. The molecule has 0 aromatic heterocycles. The highest BCUT2D eigenvalue weighted by molar-refractivity contribution is 5.85. The number of hydrogen-bond donors (Lipinski definition) is 4. The number of piperidine rings is 1. The number of aliphatic carboxylic acids is 1. The maximum absolute atomic E-state index is 10.5. The molecule has 1 rings (SSSR count). The van der Waals surface area contributed by atoms with Crippen LogP contribution in [0.5, 0.6) is 0 Å². The molecular weight excluding hydrogens is 243 g/mol. The van der Waals surface area contributed by atoms with E-state index in [1.54, 1.807) is 0 Å². The summed E-state index contributed by atoms with van der Waals surface area (Å²) in [5.74, 6) is -0.760. The second-order valence-electron chi connectivity index (χ2n) is 3.08. The third-order valence-corrected chi connectivity index (χ3v) is 2.02. The van der Waals surface area contributed by atoms with Crippen LogP contribution >= 0.6 is 24.8 Å². The van der Waals surface area contributed by atoms with Crippen LogP contribution in [0.25, 0.3) is 0 Å². The Morgan fingerprint density at radius 1 is 1.33 bits per heavy atom. The molecule has 0 aliphatic carbocycles. The zero-order chi connectivity index (χ0) is 9.84. The van der Waals surface area contributed by atoms with Crippen LogP contribution in [-0.4, -0.2) is 35.7 Å². The SMILES string of the molecule is Cl.Cl.NC(N)=N[C@@H]1CC[C@@H](C(=O)O)NC1. The number of nitrogens with one attached hydrogen (secondary N) is 1. The van der Waals surface area contributed by atoms with Gasteiger partial charge in [-0.3, -0.25) is 4.79 Å². The van der Waals surface area contributed by atoms with E-state index in [1.807, 2.05) is 0 Å². The van der Waals surface area contributed by atoms with Crippen LogP contribution in [0, 0.1) is 0 Å². The summed E-state index contributed by atoms with van der Waals surface area (Å²) in [5.41, 5.74) is 10.4. The first kappa shape index (κ1) is 16.7. The molecule has 0 unspecified atom stereocenters. The van der Waals surface area contributed by atoms with Crippen LogP contribution in [0.1, 0.15) is 12.8 Å². The normalized spacial score (nSPS) is 24.3. The van der Waals surface area contributed by atoms with Crippen molar-refractivity contribution < 1.29 is 9.90 Å². The molecule has 1 aliphatic rings. The summed E-state index contributed by atoms with van der Waals surface area (Å²) in [5, 5.41) is 11.5. The summed E-state index contributed by atoms with van der Waals surface area (Å²) < 4.78 is 0. The molecule has 0 aromatic rings. The Balaban J connectivity index is 0. The van der Waals surface area contributed by atoms with E-state index in [1.165, 1.54) is 0 Å². The predicted molar refractivity (Wildman–Crippen MR) is 62.8 cm³/mol. The third-order valence-electron chi connectivity index (χ3n) is 2.02. The number of hydrogen-bond acceptors (Lipinski definition) is 3. The van der Waals surface area contributed by atoms with E-state index in [0.717, 1.165) is 0 Å². The van der Waals surface area contributed by atoms with Gasteiger partial charge in [0.25, 0.3) is 0 Å². The molecular formula is C7H16Cl2N4O2. The number of carboxylic acids is 1. The van der Waals surface area contributed by atoms with Gasteiger partial charge in [0.15, 0.2) is 5.96 Å². The van der Waals surface area contributed by atoms with E-state index in [9.17, 15) is 4.79 Å². The molecule has 2 atom stereocenters. The number of guanidine groups is 1. The van der Waals surface area contributed by atoms with Gasteiger partial charge in [-0.05, 0) is 12.8 Å². The topological polar surface area (TPSA) is 114 Å². The van der Waals surface area contributed by atoms with E-state index < -0.39 is 12.0 Å². The number of aliphatic imine (C=N–C) groups is 1. The van der Waals surface area contributed by atoms with Crippen LogP contribution in [-0.2, 0) is 4.79 Å². The largest absolute Gasteiger partial charge is 0.480 e. The number of carboxylic acid groups (broad SMARTS) is 1. The van der Waals surface area contributed by atoms with Crippen molar-refractivity contribution in [1.82, 2.24) is 5.32 Å². The Kier molecular flexibility index (Phi) is 8.41. The van der Waals surface area contributed by atoms with Crippen molar-refractivity contribution in [3.05, 3.63) is 0 Å². The van der Waals surface area contributed by atoms with Gasteiger partial charge in [0.1, 0.15) is 6.04 Å². The van der Waals surface area contributed by atoms with Gasteiger partial charge in [-0.2, -0.15) is 0 Å². The van der Waals surface area contributed by atoms with Gasteiger partial charge in [0, 0.05) is 6.54 Å². The smallest absolute Gasteiger partial charge is 0.320 e. The lowest BCUT2D eigenvalue weighted by Gasteiger charge is -2.24. The van der Waals surface area contributed by atoms with E-state index in [-0.39, 0.29) is 36.8 Å². The van der Waals surface area contributed by atoms with Gasteiger partial charge in [-0.25, -0.2) is 4.99 Å². The minimum absolute atomic E-state index is 0. The molecule has 0 spiro atoms. The molecule has 6 N–H and O–H groups in total. The fourth-order valence-corrected chi connectivity index (χ4v) is 1.37. The third kappa shape index (κ3) is 5.66. The first-order chi connectivity index (χ1) is 6.09. The van der Waals surface area contributed by atoms with Crippen molar-refractivity contribution in [2.45, 2.75) is 24.9 Å².